The van der Waals surface area contributed by atoms with Gasteiger partial charge >= 0.3 is 6.03 Å². The van der Waals surface area contributed by atoms with Gasteiger partial charge in [-0.25, -0.2) is 9.18 Å². The van der Waals surface area contributed by atoms with Crippen molar-refractivity contribution in [2.45, 2.75) is 18.9 Å². The second-order valence-corrected chi connectivity index (χ2v) is 6.35. The van der Waals surface area contributed by atoms with E-state index in [4.69, 9.17) is 4.74 Å². The van der Waals surface area contributed by atoms with Gasteiger partial charge in [0.05, 0.1) is 13.2 Å². The van der Waals surface area contributed by atoms with Crippen LogP contribution in [0.25, 0.3) is 0 Å². The van der Waals surface area contributed by atoms with Gasteiger partial charge in [-0.15, -0.1) is 0 Å². The van der Waals surface area contributed by atoms with Crippen LogP contribution in [0.1, 0.15) is 24.4 Å². The van der Waals surface area contributed by atoms with Crippen molar-refractivity contribution in [3.8, 4) is 5.75 Å². The summed E-state index contributed by atoms with van der Waals surface area (Å²) < 4.78 is 18.6. The van der Waals surface area contributed by atoms with E-state index in [-0.39, 0.29) is 17.8 Å². The molecule has 138 valence electrons. The van der Waals surface area contributed by atoms with Gasteiger partial charge in [0, 0.05) is 18.3 Å². The minimum Gasteiger partial charge on any atom is -0.494 e. The molecular weight excluding hydrogens is 333 g/mol. The Morgan fingerprint density at radius 1 is 1.19 bits per heavy atom. The molecule has 2 aromatic rings. The van der Waals surface area contributed by atoms with Crippen molar-refractivity contribution in [1.82, 2.24) is 10.2 Å². The molecule has 5 nitrogen and oxygen atoms in total. The highest BCUT2D eigenvalue weighted by atomic mass is 19.1. The number of amides is 2. The van der Waals surface area contributed by atoms with Gasteiger partial charge in [-0.05, 0) is 43.6 Å². The molecule has 1 aliphatic rings. The summed E-state index contributed by atoms with van der Waals surface area (Å²) >= 11 is 0. The summed E-state index contributed by atoms with van der Waals surface area (Å²) in [6, 6.07) is 14.3. The Balaban J connectivity index is 1.61. The fourth-order valence-corrected chi connectivity index (χ4v) is 3.30. The van der Waals surface area contributed by atoms with Crippen LogP contribution in [-0.4, -0.2) is 37.7 Å². The first-order valence-corrected chi connectivity index (χ1v) is 8.85. The molecule has 2 aromatic carbocycles. The van der Waals surface area contributed by atoms with Crippen LogP contribution in [0.5, 0.6) is 5.75 Å². The van der Waals surface area contributed by atoms with Crippen LogP contribution in [0.15, 0.2) is 48.5 Å². The number of nitrogens with zero attached hydrogens (tertiary/aromatic N) is 1. The maximum Gasteiger partial charge on any atom is 0.319 e. The van der Waals surface area contributed by atoms with Crippen molar-refractivity contribution < 1.29 is 13.9 Å². The third-order valence-corrected chi connectivity index (χ3v) is 4.63. The molecule has 2 N–H and O–H groups in total. The first-order valence-electron chi connectivity index (χ1n) is 8.85. The summed E-state index contributed by atoms with van der Waals surface area (Å²) in [6.45, 7) is 2.56. The summed E-state index contributed by atoms with van der Waals surface area (Å²) in [6.07, 6.45) is 2.36. The van der Waals surface area contributed by atoms with Crippen molar-refractivity contribution in [2.24, 2.45) is 0 Å². The van der Waals surface area contributed by atoms with E-state index < -0.39 is 5.82 Å². The largest absolute Gasteiger partial charge is 0.494 e. The van der Waals surface area contributed by atoms with Gasteiger partial charge in [-0.1, -0.05) is 30.3 Å². The monoisotopic (exact) mass is 357 g/mol. The number of ether oxygens (including phenoxy) is 1. The lowest BCUT2D eigenvalue weighted by Crippen LogP contribution is -2.38. The standard InChI is InChI=1S/C20H24FN3O2/c1-26-19-10-9-16(13-17(19)21)23-20(25)22-14-18(24-11-5-6-12-24)15-7-3-2-4-8-15/h2-4,7-10,13,18H,5-6,11-12,14H2,1H3,(H2,22,23,25). The minimum absolute atomic E-state index is 0.136. The van der Waals surface area contributed by atoms with Crippen LogP contribution in [0.2, 0.25) is 0 Å². The Bertz CT molecular complexity index is 733. The number of hydrogen-bond donors (Lipinski definition) is 2. The summed E-state index contributed by atoms with van der Waals surface area (Å²) in [4.78, 5) is 14.6. The zero-order valence-electron chi connectivity index (χ0n) is 14.9. The summed E-state index contributed by atoms with van der Waals surface area (Å²) in [7, 11) is 1.40. The van der Waals surface area contributed by atoms with Crippen LogP contribution in [0.3, 0.4) is 0 Å². The summed E-state index contributed by atoms with van der Waals surface area (Å²) in [5.74, 6) is -0.362. The highest BCUT2D eigenvalue weighted by Gasteiger charge is 2.23. The summed E-state index contributed by atoms with van der Waals surface area (Å²) in [5.41, 5.74) is 1.57. The zero-order chi connectivity index (χ0) is 18.4. The fourth-order valence-electron chi connectivity index (χ4n) is 3.30. The number of nitrogens with one attached hydrogen (secondary N) is 2. The van der Waals surface area contributed by atoms with Crippen molar-refractivity contribution in [3.05, 3.63) is 59.9 Å². The molecular formula is C20H24FN3O2. The maximum absolute atomic E-state index is 13.7. The number of benzene rings is 2. The lowest BCUT2D eigenvalue weighted by atomic mass is 10.1. The van der Waals surface area contributed by atoms with E-state index in [1.807, 2.05) is 18.2 Å². The van der Waals surface area contributed by atoms with Crippen molar-refractivity contribution >= 4 is 11.7 Å². The maximum atomic E-state index is 13.7. The van der Waals surface area contributed by atoms with E-state index in [0.29, 0.717) is 12.2 Å². The molecule has 0 spiro atoms. The Labute approximate surface area is 153 Å². The number of rotatable bonds is 6. The van der Waals surface area contributed by atoms with Crippen LogP contribution >= 0.6 is 0 Å². The van der Waals surface area contributed by atoms with Crippen molar-refractivity contribution in [2.75, 3.05) is 32.1 Å². The van der Waals surface area contributed by atoms with Crippen molar-refractivity contribution in [1.29, 1.82) is 0 Å². The van der Waals surface area contributed by atoms with Crippen LogP contribution < -0.4 is 15.4 Å². The molecule has 0 bridgehead atoms. The molecule has 0 aromatic heterocycles. The average Bonchev–Trinajstić information content (AvgIpc) is 3.17. The molecule has 26 heavy (non-hydrogen) atoms. The lowest BCUT2D eigenvalue weighted by Gasteiger charge is -2.28. The van der Waals surface area contributed by atoms with E-state index in [0.717, 1.165) is 13.1 Å². The van der Waals surface area contributed by atoms with Crippen LogP contribution in [0, 0.1) is 5.82 Å². The quantitative estimate of drug-likeness (QED) is 0.827. The highest BCUT2D eigenvalue weighted by molar-refractivity contribution is 5.89. The molecule has 2 amide bonds. The molecule has 1 aliphatic heterocycles. The SMILES string of the molecule is COc1ccc(NC(=O)NCC(c2ccccc2)N2CCCC2)cc1F. The number of urea groups is 1. The van der Waals surface area contributed by atoms with E-state index >= 15 is 0 Å². The van der Waals surface area contributed by atoms with Gasteiger partial charge in [-0.3, -0.25) is 4.90 Å². The minimum atomic E-state index is -0.510. The molecule has 1 fully saturated rings. The molecule has 0 radical (unpaired) electrons. The lowest BCUT2D eigenvalue weighted by molar-refractivity contribution is 0.227. The topological polar surface area (TPSA) is 53.6 Å². The molecule has 1 heterocycles. The van der Waals surface area contributed by atoms with Crippen LogP contribution in [0.4, 0.5) is 14.9 Å². The van der Waals surface area contributed by atoms with E-state index in [1.165, 1.54) is 37.6 Å². The molecule has 0 saturated carbocycles. The number of methoxy groups -OCH3 is 1. The Kier molecular flexibility index (Phi) is 6.07. The van der Waals surface area contributed by atoms with Gasteiger partial charge in [0.15, 0.2) is 11.6 Å². The number of carbonyl (C=O) groups excluding carboxylic acids is 1. The molecule has 1 saturated heterocycles. The van der Waals surface area contributed by atoms with E-state index in [2.05, 4.69) is 27.7 Å². The van der Waals surface area contributed by atoms with Gasteiger partial charge in [0.1, 0.15) is 0 Å². The average molecular weight is 357 g/mol. The molecule has 0 aliphatic carbocycles. The van der Waals surface area contributed by atoms with E-state index in [9.17, 15) is 9.18 Å². The number of likely N-dealkylation sites (tertiary alicyclic amines) is 1. The van der Waals surface area contributed by atoms with Gasteiger partial charge in [0.2, 0.25) is 0 Å². The second kappa shape index (κ2) is 8.67. The third-order valence-electron chi connectivity index (χ3n) is 4.63. The van der Waals surface area contributed by atoms with E-state index in [1.54, 1.807) is 6.07 Å². The highest BCUT2D eigenvalue weighted by Crippen LogP contribution is 2.24. The molecule has 3 rings (SSSR count). The first kappa shape index (κ1) is 18.2. The molecule has 6 heteroatoms. The fraction of sp³-hybridized carbons (Fsp3) is 0.350. The second-order valence-electron chi connectivity index (χ2n) is 6.35. The van der Waals surface area contributed by atoms with Crippen molar-refractivity contribution in [3.63, 3.8) is 0 Å². The molecule has 1 atom stereocenters. The first-order chi connectivity index (χ1) is 12.7. The number of hydrogen-bond acceptors (Lipinski definition) is 3. The third kappa shape index (κ3) is 4.52. The van der Waals surface area contributed by atoms with Gasteiger partial charge in [-0.2, -0.15) is 0 Å². The molecule has 1 unspecified atom stereocenters. The normalized spacial score (nSPS) is 15.5. The van der Waals surface area contributed by atoms with Gasteiger partial charge < -0.3 is 15.4 Å². The Morgan fingerprint density at radius 2 is 1.92 bits per heavy atom. The Hall–Kier alpha value is -2.60. The predicted molar refractivity (Wildman–Crippen MR) is 100.0 cm³/mol. The number of halogens is 1. The van der Waals surface area contributed by atoms with Gasteiger partial charge in [0.25, 0.3) is 0 Å². The Morgan fingerprint density at radius 3 is 2.58 bits per heavy atom. The smallest absolute Gasteiger partial charge is 0.319 e. The van der Waals surface area contributed by atoms with Crippen LogP contribution in [-0.2, 0) is 0 Å². The number of anilines is 1. The predicted octanol–water partition coefficient (Wildman–Crippen LogP) is 3.79. The summed E-state index contributed by atoms with van der Waals surface area (Å²) in [5, 5.41) is 5.58. The zero-order valence-corrected chi connectivity index (χ0v) is 14.9. The number of carbonyl (C=O) groups is 1.